The van der Waals surface area contributed by atoms with Crippen molar-refractivity contribution < 1.29 is 8.42 Å². The molecule has 0 atom stereocenters. The highest BCUT2D eigenvalue weighted by atomic mass is 32.2. The molecular formula is C14H27N3O2S. The Balaban J connectivity index is 2.83. The minimum atomic E-state index is -2.96. The summed E-state index contributed by atoms with van der Waals surface area (Å²) in [5.41, 5.74) is 2.36. The minimum absolute atomic E-state index is 0.0539. The zero-order valence-corrected chi connectivity index (χ0v) is 14.0. The number of sulfone groups is 1. The second kappa shape index (κ2) is 6.72. The molecular weight excluding hydrogens is 274 g/mol. The summed E-state index contributed by atoms with van der Waals surface area (Å²) in [6.07, 6.45) is 5.06. The average Bonchev–Trinajstić information content (AvgIpc) is 2.65. The van der Waals surface area contributed by atoms with Gasteiger partial charge in [0.1, 0.15) is 9.84 Å². The number of rotatable bonds is 7. The SMILES string of the molecule is CCCc1c(CNC(C)(C)C)cnn1CCS(C)(=O)=O. The van der Waals surface area contributed by atoms with E-state index in [1.54, 1.807) is 0 Å². The maximum Gasteiger partial charge on any atom is 0.149 e. The van der Waals surface area contributed by atoms with Gasteiger partial charge in [0.2, 0.25) is 0 Å². The van der Waals surface area contributed by atoms with Crippen molar-refractivity contribution in [1.82, 2.24) is 15.1 Å². The molecule has 1 aromatic heterocycles. The summed E-state index contributed by atoms with van der Waals surface area (Å²) < 4.78 is 24.4. The number of nitrogens with zero attached hydrogens (tertiary/aromatic N) is 2. The third-order valence-electron chi connectivity index (χ3n) is 3.01. The molecule has 0 saturated heterocycles. The van der Waals surface area contributed by atoms with Crippen LogP contribution in [0.1, 0.15) is 45.4 Å². The lowest BCUT2D eigenvalue weighted by Crippen LogP contribution is -2.35. The molecule has 0 aliphatic carbocycles. The third-order valence-corrected chi connectivity index (χ3v) is 3.93. The zero-order chi connectivity index (χ0) is 15.4. The van der Waals surface area contributed by atoms with Crippen molar-refractivity contribution in [2.45, 2.75) is 59.2 Å². The van der Waals surface area contributed by atoms with Gasteiger partial charge in [-0.3, -0.25) is 4.68 Å². The highest BCUT2D eigenvalue weighted by molar-refractivity contribution is 7.90. The Morgan fingerprint density at radius 3 is 2.50 bits per heavy atom. The minimum Gasteiger partial charge on any atom is -0.308 e. The molecule has 1 rings (SSSR count). The maximum atomic E-state index is 11.3. The molecule has 5 nitrogen and oxygen atoms in total. The first-order valence-electron chi connectivity index (χ1n) is 7.08. The van der Waals surface area contributed by atoms with Crippen LogP contribution in [0.25, 0.3) is 0 Å². The topological polar surface area (TPSA) is 64.0 Å². The van der Waals surface area contributed by atoms with Crippen LogP contribution >= 0.6 is 0 Å². The molecule has 0 aliphatic rings. The fourth-order valence-corrected chi connectivity index (χ4v) is 2.43. The quantitative estimate of drug-likeness (QED) is 0.833. The molecule has 0 radical (unpaired) electrons. The number of hydrogen-bond donors (Lipinski definition) is 1. The average molecular weight is 301 g/mol. The van der Waals surface area contributed by atoms with Crippen molar-refractivity contribution in [1.29, 1.82) is 0 Å². The van der Waals surface area contributed by atoms with E-state index in [2.05, 4.69) is 38.1 Å². The van der Waals surface area contributed by atoms with E-state index in [1.165, 1.54) is 6.26 Å². The number of aryl methyl sites for hydroxylation is 1. The van der Waals surface area contributed by atoms with Gasteiger partial charge in [0.15, 0.2) is 0 Å². The fourth-order valence-electron chi connectivity index (χ4n) is 1.93. The van der Waals surface area contributed by atoms with Gasteiger partial charge in [0.25, 0.3) is 0 Å². The van der Waals surface area contributed by atoms with Crippen molar-refractivity contribution in [2.75, 3.05) is 12.0 Å². The van der Waals surface area contributed by atoms with Crippen LogP contribution in [0.15, 0.2) is 6.20 Å². The standard InChI is InChI=1S/C14H27N3O2S/c1-6-7-13-12(10-15-14(2,3)4)11-16-17(13)8-9-20(5,18)19/h11,15H,6-10H2,1-5H3. The van der Waals surface area contributed by atoms with Gasteiger partial charge in [-0.25, -0.2) is 8.42 Å². The van der Waals surface area contributed by atoms with E-state index in [0.717, 1.165) is 30.6 Å². The second-order valence-corrected chi connectivity index (χ2v) is 8.58. The number of aromatic nitrogens is 2. The molecule has 0 unspecified atom stereocenters. The maximum absolute atomic E-state index is 11.3. The largest absolute Gasteiger partial charge is 0.308 e. The summed E-state index contributed by atoms with van der Waals surface area (Å²) in [7, 11) is -2.96. The monoisotopic (exact) mass is 301 g/mol. The molecule has 0 bridgehead atoms. The lowest BCUT2D eigenvalue weighted by atomic mass is 10.1. The van der Waals surface area contributed by atoms with Gasteiger partial charge in [-0.1, -0.05) is 13.3 Å². The van der Waals surface area contributed by atoms with Crippen LogP contribution in [0.3, 0.4) is 0 Å². The molecule has 0 aliphatic heterocycles. The van der Waals surface area contributed by atoms with Crippen LogP contribution in [0.2, 0.25) is 0 Å². The van der Waals surface area contributed by atoms with Gasteiger partial charge < -0.3 is 5.32 Å². The summed E-state index contributed by atoms with van der Waals surface area (Å²) in [5, 5.41) is 7.80. The van der Waals surface area contributed by atoms with Crippen molar-refractivity contribution in [3.8, 4) is 0 Å². The van der Waals surface area contributed by atoms with Crippen LogP contribution in [0, 0.1) is 0 Å². The van der Waals surface area contributed by atoms with Crippen molar-refractivity contribution in [3.63, 3.8) is 0 Å². The van der Waals surface area contributed by atoms with E-state index in [-0.39, 0.29) is 11.3 Å². The number of hydrogen-bond acceptors (Lipinski definition) is 4. The normalized spacial score (nSPS) is 12.8. The van der Waals surface area contributed by atoms with Crippen LogP contribution < -0.4 is 5.32 Å². The van der Waals surface area contributed by atoms with Crippen LogP contribution in [0.5, 0.6) is 0 Å². The smallest absolute Gasteiger partial charge is 0.149 e. The Hall–Kier alpha value is -0.880. The molecule has 1 heterocycles. The molecule has 0 saturated carbocycles. The zero-order valence-electron chi connectivity index (χ0n) is 13.2. The first-order valence-corrected chi connectivity index (χ1v) is 9.15. The van der Waals surface area contributed by atoms with Crippen molar-refractivity contribution >= 4 is 9.84 Å². The molecule has 1 N–H and O–H groups in total. The fraction of sp³-hybridized carbons (Fsp3) is 0.786. The van der Waals surface area contributed by atoms with Crippen LogP contribution in [-0.2, 0) is 29.3 Å². The lowest BCUT2D eigenvalue weighted by Gasteiger charge is -2.20. The second-order valence-electron chi connectivity index (χ2n) is 6.32. The van der Waals surface area contributed by atoms with E-state index in [9.17, 15) is 8.42 Å². The Labute approximate surface area is 122 Å². The Morgan fingerprint density at radius 2 is 2.00 bits per heavy atom. The first-order chi connectivity index (χ1) is 9.12. The summed E-state index contributed by atoms with van der Waals surface area (Å²) in [6.45, 7) is 9.69. The summed E-state index contributed by atoms with van der Waals surface area (Å²) in [5.74, 6) is 0.136. The van der Waals surface area contributed by atoms with Crippen molar-refractivity contribution in [3.05, 3.63) is 17.5 Å². The Bertz CT molecular complexity index is 527. The van der Waals surface area contributed by atoms with Crippen LogP contribution in [-0.4, -0.2) is 35.7 Å². The molecule has 0 fully saturated rings. The molecule has 116 valence electrons. The van der Waals surface area contributed by atoms with Gasteiger partial charge in [-0.2, -0.15) is 5.10 Å². The van der Waals surface area contributed by atoms with E-state index >= 15 is 0 Å². The molecule has 0 aromatic carbocycles. The van der Waals surface area contributed by atoms with E-state index in [1.807, 2.05) is 10.9 Å². The first kappa shape index (κ1) is 17.2. The Morgan fingerprint density at radius 1 is 1.35 bits per heavy atom. The highest BCUT2D eigenvalue weighted by Gasteiger charge is 2.14. The Kier molecular flexibility index (Phi) is 5.77. The van der Waals surface area contributed by atoms with E-state index < -0.39 is 9.84 Å². The van der Waals surface area contributed by atoms with Gasteiger partial charge in [0, 0.05) is 29.6 Å². The summed E-state index contributed by atoms with van der Waals surface area (Å²) in [6, 6.07) is 0. The predicted molar refractivity (Wildman–Crippen MR) is 82.5 cm³/mol. The summed E-state index contributed by atoms with van der Waals surface area (Å²) >= 11 is 0. The molecule has 1 aromatic rings. The number of nitrogens with one attached hydrogen (secondary N) is 1. The van der Waals surface area contributed by atoms with Gasteiger partial charge in [0.05, 0.1) is 18.5 Å². The van der Waals surface area contributed by atoms with E-state index in [0.29, 0.717) is 6.54 Å². The van der Waals surface area contributed by atoms with Gasteiger partial charge >= 0.3 is 0 Å². The van der Waals surface area contributed by atoms with E-state index in [4.69, 9.17) is 0 Å². The third kappa shape index (κ3) is 6.05. The summed E-state index contributed by atoms with van der Waals surface area (Å²) in [4.78, 5) is 0. The van der Waals surface area contributed by atoms with Gasteiger partial charge in [-0.05, 0) is 27.2 Å². The lowest BCUT2D eigenvalue weighted by molar-refractivity contribution is 0.423. The predicted octanol–water partition coefficient (Wildman–Crippen LogP) is 1.77. The highest BCUT2D eigenvalue weighted by Crippen LogP contribution is 2.13. The molecule has 0 spiro atoms. The van der Waals surface area contributed by atoms with Gasteiger partial charge in [-0.15, -0.1) is 0 Å². The van der Waals surface area contributed by atoms with Crippen LogP contribution in [0.4, 0.5) is 0 Å². The molecule has 20 heavy (non-hydrogen) atoms. The molecule has 0 amide bonds. The van der Waals surface area contributed by atoms with Crippen molar-refractivity contribution in [2.24, 2.45) is 0 Å². The molecule has 6 heteroatoms.